The molecule has 1 aromatic heterocycles. The van der Waals surface area contributed by atoms with Gasteiger partial charge in [-0.25, -0.2) is 4.98 Å². The van der Waals surface area contributed by atoms with Crippen molar-refractivity contribution in [3.8, 4) is 5.75 Å². The summed E-state index contributed by atoms with van der Waals surface area (Å²) in [5.74, 6) is 1.24. The van der Waals surface area contributed by atoms with E-state index in [1.807, 2.05) is 13.8 Å². The van der Waals surface area contributed by atoms with Crippen LogP contribution in [0.3, 0.4) is 0 Å². The molecule has 130 valence electrons. The van der Waals surface area contributed by atoms with Crippen molar-refractivity contribution < 1.29 is 14.3 Å². The molecule has 1 saturated heterocycles. The van der Waals surface area contributed by atoms with Crippen molar-refractivity contribution in [2.75, 3.05) is 25.5 Å². The molecule has 1 N–H and O–H groups in total. The predicted molar refractivity (Wildman–Crippen MR) is 90.2 cm³/mol. The van der Waals surface area contributed by atoms with Gasteiger partial charge in [0, 0.05) is 33.3 Å². The summed E-state index contributed by atoms with van der Waals surface area (Å²) < 4.78 is 5.84. The van der Waals surface area contributed by atoms with Crippen molar-refractivity contribution in [2.24, 2.45) is 0 Å². The highest BCUT2D eigenvalue weighted by molar-refractivity contribution is 5.95. The van der Waals surface area contributed by atoms with Crippen molar-refractivity contribution in [1.29, 1.82) is 0 Å². The molecular weight excluding hydrogens is 308 g/mol. The Morgan fingerprint density at radius 2 is 2.17 bits per heavy atom. The number of fused-ring (bicyclic) bond motifs is 1. The molecule has 0 unspecified atom stereocenters. The molecule has 3 atom stereocenters. The van der Waals surface area contributed by atoms with Gasteiger partial charge in [-0.05, 0) is 26.3 Å². The molecule has 1 fully saturated rings. The number of carbonyl (C=O) groups is 2. The fourth-order valence-electron chi connectivity index (χ4n) is 3.08. The van der Waals surface area contributed by atoms with E-state index in [1.54, 1.807) is 36.0 Å². The van der Waals surface area contributed by atoms with E-state index in [0.717, 1.165) is 6.42 Å². The number of hydrogen-bond donors (Lipinski definition) is 1. The van der Waals surface area contributed by atoms with Gasteiger partial charge in [-0.15, -0.1) is 0 Å². The van der Waals surface area contributed by atoms with Gasteiger partial charge < -0.3 is 19.9 Å². The summed E-state index contributed by atoms with van der Waals surface area (Å²) in [6.07, 6.45) is 2.40. The van der Waals surface area contributed by atoms with Crippen LogP contribution in [0.4, 0.5) is 5.82 Å². The third-order valence-electron chi connectivity index (χ3n) is 4.98. The average molecular weight is 332 g/mol. The molecule has 2 aliphatic heterocycles. The fourth-order valence-corrected chi connectivity index (χ4v) is 3.08. The first-order chi connectivity index (χ1) is 11.4. The summed E-state index contributed by atoms with van der Waals surface area (Å²) in [5.41, 5.74) is 0.517. The minimum atomic E-state index is -0.0698. The van der Waals surface area contributed by atoms with Crippen molar-refractivity contribution in [1.82, 2.24) is 14.8 Å². The first-order valence-electron chi connectivity index (χ1n) is 8.32. The van der Waals surface area contributed by atoms with Gasteiger partial charge in [0.1, 0.15) is 6.10 Å². The van der Waals surface area contributed by atoms with Crippen LogP contribution in [0.2, 0.25) is 0 Å². The van der Waals surface area contributed by atoms with Gasteiger partial charge in [0.05, 0.1) is 17.6 Å². The number of pyridine rings is 1. The molecule has 24 heavy (non-hydrogen) atoms. The number of likely N-dealkylation sites (tertiary alicyclic amines) is 1. The summed E-state index contributed by atoms with van der Waals surface area (Å²) in [6, 6.07) is 2.01. The van der Waals surface area contributed by atoms with Crippen LogP contribution in [0.5, 0.6) is 5.75 Å². The zero-order valence-electron chi connectivity index (χ0n) is 14.6. The van der Waals surface area contributed by atoms with Crippen molar-refractivity contribution in [2.45, 2.75) is 45.4 Å². The van der Waals surface area contributed by atoms with Gasteiger partial charge in [0.15, 0.2) is 11.6 Å². The molecule has 3 heterocycles. The first kappa shape index (κ1) is 16.5. The lowest BCUT2D eigenvalue weighted by molar-refractivity contribution is -0.129. The smallest absolute Gasteiger partial charge is 0.255 e. The summed E-state index contributed by atoms with van der Waals surface area (Å²) in [7, 11) is 1.78. The van der Waals surface area contributed by atoms with Crippen LogP contribution in [0, 0.1) is 0 Å². The van der Waals surface area contributed by atoms with Crippen molar-refractivity contribution in [3.05, 3.63) is 17.8 Å². The van der Waals surface area contributed by atoms with Crippen LogP contribution in [-0.2, 0) is 4.79 Å². The van der Waals surface area contributed by atoms with E-state index in [-0.39, 0.29) is 30.0 Å². The molecule has 0 bridgehead atoms. The number of nitrogens with zero attached hydrogens (tertiary/aromatic N) is 3. The van der Waals surface area contributed by atoms with Gasteiger partial charge in [-0.1, -0.05) is 0 Å². The summed E-state index contributed by atoms with van der Waals surface area (Å²) in [5, 5.41) is 3.27. The van der Waals surface area contributed by atoms with Gasteiger partial charge in [0.25, 0.3) is 5.91 Å². The normalized spacial score (nSPS) is 25.5. The highest BCUT2D eigenvalue weighted by Gasteiger charge is 2.31. The number of amides is 2. The van der Waals surface area contributed by atoms with Crippen LogP contribution in [-0.4, -0.2) is 64.9 Å². The zero-order valence-corrected chi connectivity index (χ0v) is 14.6. The van der Waals surface area contributed by atoms with E-state index < -0.39 is 0 Å². The number of anilines is 1. The Kier molecular flexibility index (Phi) is 4.34. The summed E-state index contributed by atoms with van der Waals surface area (Å²) >= 11 is 0. The van der Waals surface area contributed by atoms with E-state index in [9.17, 15) is 9.59 Å². The largest absolute Gasteiger partial charge is 0.485 e. The lowest BCUT2D eigenvalue weighted by atomic mass is 10.1. The Labute approximate surface area is 142 Å². The molecule has 0 saturated carbocycles. The van der Waals surface area contributed by atoms with Crippen LogP contribution >= 0.6 is 0 Å². The second-order valence-electron chi connectivity index (χ2n) is 6.65. The highest BCUT2D eigenvalue weighted by Crippen LogP contribution is 2.30. The van der Waals surface area contributed by atoms with Crippen LogP contribution in [0.15, 0.2) is 12.3 Å². The minimum Gasteiger partial charge on any atom is -0.485 e. The Bertz CT molecular complexity index is 663. The van der Waals surface area contributed by atoms with E-state index >= 15 is 0 Å². The lowest BCUT2D eigenvalue weighted by Gasteiger charge is -2.30. The quantitative estimate of drug-likeness (QED) is 0.885. The van der Waals surface area contributed by atoms with Crippen LogP contribution in [0.1, 0.15) is 37.6 Å². The van der Waals surface area contributed by atoms with Gasteiger partial charge in [0.2, 0.25) is 5.91 Å². The standard InChI is InChI=1S/C17H24N4O3/c1-10-11(2)24-15-7-13(8-18-16(15)19-10)17(23)21-6-5-14(9-21)20(4)12(3)22/h7-8,10-11,14H,5-6,9H2,1-4H3,(H,18,19)/t10-,11-,14-/m0/s1. The van der Waals surface area contributed by atoms with E-state index in [4.69, 9.17) is 4.74 Å². The SMILES string of the molecule is CC(=O)N(C)[C@H]1CCN(C(=O)c2cnc3c(c2)O[C@@H](C)[C@H](C)N3)C1. The fraction of sp³-hybridized carbons (Fsp3) is 0.588. The van der Waals surface area contributed by atoms with Crippen molar-refractivity contribution in [3.63, 3.8) is 0 Å². The molecule has 3 rings (SSSR count). The molecule has 1 aromatic rings. The van der Waals surface area contributed by atoms with Crippen LogP contribution < -0.4 is 10.1 Å². The molecule has 0 radical (unpaired) electrons. The number of ether oxygens (including phenoxy) is 1. The second kappa shape index (κ2) is 6.30. The number of carbonyl (C=O) groups excluding carboxylic acids is 2. The maximum atomic E-state index is 12.7. The zero-order chi connectivity index (χ0) is 17.4. The molecule has 0 aromatic carbocycles. The maximum Gasteiger partial charge on any atom is 0.255 e. The summed E-state index contributed by atoms with van der Waals surface area (Å²) in [4.78, 5) is 32.0. The van der Waals surface area contributed by atoms with E-state index in [0.29, 0.717) is 30.2 Å². The number of likely N-dealkylation sites (N-methyl/N-ethyl adjacent to an activating group) is 1. The molecule has 2 amide bonds. The summed E-state index contributed by atoms with van der Waals surface area (Å²) in [6.45, 7) is 6.76. The number of nitrogens with one attached hydrogen (secondary N) is 1. The third kappa shape index (κ3) is 3.02. The number of rotatable bonds is 2. The molecule has 2 aliphatic rings. The van der Waals surface area contributed by atoms with Gasteiger partial charge >= 0.3 is 0 Å². The number of hydrogen-bond acceptors (Lipinski definition) is 5. The Morgan fingerprint density at radius 3 is 2.88 bits per heavy atom. The highest BCUT2D eigenvalue weighted by atomic mass is 16.5. The molecule has 0 spiro atoms. The average Bonchev–Trinajstić information content (AvgIpc) is 3.04. The third-order valence-corrected chi connectivity index (χ3v) is 4.98. The molecule has 0 aliphatic carbocycles. The molecule has 7 heteroatoms. The Balaban J connectivity index is 1.73. The van der Waals surface area contributed by atoms with E-state index in [2.05, 4.69) is 10.3 Å². The first-order valence-corrected chi connectivity index (χ1v) is 8.32. The molecular formula is C17H24N4O3. The Hall–Kier alpha value is -2.31. The Morgan fingerprint density at radius 1 is 1.42 bits per heavy atom. The van der Waals surface area contributed by atoms with Crippen molar-refractivity contribution >= 4 is 17.6 Å². The van der Waals surface area contributed by atoms with Crippen LogP contribution in [0.25, 0.3) is 0 Å². The predicted octanol–water partition coefficient (Wildman–Crippen LogP) is 1.36. The van der Waals surface area contributed by atoms with Gasteiger partial charge in [-0.2, -0.15) is 0 Å². The second-order valence-corrected chi connectivity index (χ2v) is 6.65. The minimum absolute atomic E-state index is 0.0186. The topological polar surface area (TPSA) is 74.8 Å². The maximum absolute atomic E-state index is 12.7. The number of aromatic nitrogens is 1. The van der Waals surface area contributed by atoms with E-state index in [1.165, 1.54) is 0 Å². The van der Waals surface area contributed by atoms with Gasteiger partial charge in [-0.3, -0.25) is 9.59 Å². The molecule has 7 nitrogen and oxygen atoms in total. The monoisotopic (exact) mass is 332 g/mol. The lowest BCUT2D eigenvalue weighted by Crippen LogP contribution is -2.39.